The molecule has 0 aliphatic carbocycles. The Hall–Kier alpha value is -2.01. The minimum Gasteiger partial charge on any atom is -0.493 e. The SMILES string of the molecule is CCNCc1cccc(OC)c1OCc1cc(C)nn1C. The van der Waals surface area contributed by atoms with Gasteiger partial charge in [0.1, 0.15) is 6.61 Å². The lowest BCUT2D eigenvalue weighted by molar-refractivity contribution is 0.272. The molecular formula is C16H23N3O2. The molecule has 0 amide bonds. The molecule has 1 aromatic carbocycles. The zero-order chi connectivity index (χ0) is 15.2. The smallest absolute Gasteiger partial charge is 0.166 e. The first-order chi connectivity index (χ1) is 10.2. The first kappa shape index (κ1) is 15.4. The molecule has 1 aromatic heterocycles. The molecule has 5 heteroatoms. The number of methoxy groups -OCH3 is 1. The molecule has 0 fully saturated rings. The van der Waals surface area contributed by atoms with Crippen LogP contribution in [0, 0.1) is 6.92 Å². The van der Waals surface area contributed by atoms with Crippen molar-refractivity contribution in [2.24, 2.45) is 7.05 Å². The molecular weight excluding hydrogens is 266 g/mol. The first-order valence-corrected chi connectivity index (χ1v) is 7.14. The first-order valence-electron chi connectivity index (χ1n) is 7.14. The van der Waals surface area contributed by atoms with E-state index >= 15 is 0 Å². The molecule has 5 nitrogen and oxygen atoms in total. The number of aromatic nitrogens is 2. The van der Waals surface area contributed by atoms with E-state index < -0.39 is 0 Å². The van der Waals surface area contributed by atoms with Crippen molar-refractivity contribution in [3.05, 3.63) is 41.2 Å². The Morgan fingerprint density at radius 3 is 2.76 bits per heavy atom. The number of para-hydroxylation sites is 1. The van der Waals surface area contributed by atoms with E-state index in [-0.39, 0.29) is 0 Å². The van der Waals surface area contributed by atoms with Crippen molar-refractivity contribution in [1.29, 1.82) is 0 Å². The van der Waals surface area contributed by atoms with E-state index in [1.165, 1.54) is 0 Å². The number of nitrogens with zero attached hydrogens (tertiary/aromatic N) is 2. The molecule has 2 rings (SSSR count). The van der Waals surface area contributed by atoms with Gasteiger partial charge in [-0.2, -0.15) is 5.10 Å². The van der Waals surface area contributed by atoms with Crippen molar-refractivity contribution in [1.82, 2.24) is 15.1 Å². The summed E-state index contributed by atoms with van der Waals surface area (Å²) >= 11 is 0. The van der Waals surface area contributed by atoms with Crippen LogP contribution < -0.4 is 14.8 Å². The summed E-state index contributed by atoms with van der Waals surface area (Å²) in [5, 5.41) is 7.65. The number of hydrogen-bond acceptors (Lipinski definition) is 4. The quantitative estimate of drug-likeness (QED) is 0.850. The van der Waals surface area contributed by atoms with Gasteiger partial charge in [-0.3, -0.25) is 4.68 Å². The summed E-state index contributed by atoms with van der Waals surface area (Å²) in [6, 6.07) is 7.97. The minimum atomic E-state index is 0.469. The van der Waals surface area contributed by atoms with E-state index in [0.717, 1.165) is 41.5 Å². The van der Waals surface area contributed by atoms with Gasteiger partial charge in [-0.1, -0.05) is 19.1 Å². The van der Waals surface area contributed by atoms with Crippen molar-refractivity contribution < 1.29 is 9.47 Å². The second-order valence-electron chi connectivity index (χ2n) is 4.92. The molecule has 2 aromatic rings. The van der Waals surface area contributed by atoms with Crippen LogP contribution in [0.25, 0.3) is 0 Å². The maximum absolute atomic E-state index is 6.01. The van der Waals surface area contributed by atoms with Crippen molar-refractivity contribution in [2.45, 2.75) is 27.0 Å². The average molecular weight is 289 g/mol. The fraction of sp³-hybridized carbons (Fsp3) is 0.438. The van der Waals surface area contributed by atoms with Gasteiger partial charge in [-0.05, 0) is 25.6 Å². The maximum atomic E-state index is 6.01. The van der Waals surface area contributed by atoms with E-state index in [0.29, 0.717) is 6.61 Å². The van der Waals surface area contributed by atoms with Crippen LogP contribution in [0.5, 0.6) is 11.5 Å². The molecule has 1 heterocycles. The molecule has 0 aliphatic heterocycles. The lowest BCUT2D eigenvalue weighted by atomic mass is 10.2. The second-order valence-corrected chi connectivity index (χ2v) is 4.92. The van der Waals surface area contributed by atoms with Gasteiger partial charge < -0.3 is 14.8 Å². The van der Waals surface area contributed by atoms with Gasteiger partial charge in [0.2, 0.25) is 0 Å². The molecule has 0 saturated heterocycles. The van der Waals surface area contributed by atoms with Crippen molar-refractivity contribution >= 4 is 0 Å². The Morgan fingerprint density at radius 1 is 1.33 bits per heavy atom. The van der Waals surface area contributed by atoms with Crippen LogP contribution in [-0.2, 0) is 20.2 Å². The summed E-state index contributed by atoms with van der Waals surface area (Å²) in [5.41, 5.74) is 3.12. The van der Waals surface area contributed by atoms with E-state index in [9.17, 15) is 0 Å². The summed E-state index contributed by atoms with van der Waals surface area (Å²) in [4.78, 5) is 0. The summed E-state index contributed by atoms with van der Waals surface area (Å²) in [6.45, 7) is 6.20. The topological polar surface area (TPSA) is 48.3 Å². The van der Waals surface area contributed by atoms with Crippen LogP contribution in [0.4, 0.5) is 0 Å². The Balaban J connectivity index is 2.18. The van der Waals surface area contributed by atoms with Crippen molar-refractivity contribution in [3.63, 3.8) is 0 Å². The zero-order valence-corrected chi connectivity index (χ0v) is 13.1. The molecule has 0 radical (unpaired) electrons. The predicted octanol–water partition coefficient (Wildman–Crippen LogP) is 2.43. The van der Waals surface area contributed by atoms with Gasteiger partial charge in [-0.15, -0.1) is 0 Å². The highest BCUT2D eigenvalue weighted by Crippen LogP contribution is 2.31. The van der Waals surface area contributed by atoms with Gasteiger partial charge in [0.25, 0.3) is 0 Å². The van der Waals surface area contributed by atoms with Crippen LogP contribution in [-0.4, -0.2) is 23.4 Å². The predicted molar refractivity (Wildman–Crippen MR) is 82.7 cm³/mol. The Bertz CT molecular complexity index is 593. The monoisotopic (exact) mass is 289 g/mol. The normalized spacial score (nSPS) is 10.7. The maximum Gasteiger partial charge on any atom is 0.166 e. The highest BCUT2D eigenvalue weighted by molar-refractivity contribution is 5.46. The third-order valence-corrected chi connectivity index (χ3v) is 3.31. The van der Waals surface area contributed by atoms with E-state index in [1.807, 2.05) is 36.9 Å². The molecule has 0 aliphatic rings. The van der Waals surface area contributed by atoms with Crippen LogP contribution in [0.1, 0.15) is 23.9 Å². The fourth-order valence-corrected chi connectivity index (χ4v) is 2.23. The summed E-state index contributed by atoms with van der Waals surface area (Å²) in [5.74, 6) is 1.55. The van der Waals surface area contributed by atoms with E-state index in [2.05, 4.69) is 23.4 Å². The highest BCUT2D eigenvalue weighted by Gasteiger charge is 2.12. The molecule has 114 valence electrons. The number of ether oxygens (including phenoxy) is 2. The molecule has 21 heavy (non-hydrogen) atoms. The lowest BCUT2D eigenvalue weighted by Gasteiger charge is -2.15. The van der Waals surface area contributed by atoms with Crippen molar-refractivity contribution in [2.75, 3.05) is 13.7 Å². The standard InChI is InChI=1S/C16H23N3O2/c1-5-17-10-13-7-6-8-15(20-4)16(13)21-11-14-9-12(2)18-19(14)3/h6-9,17H,5,10-11H2,1-4H3. The molecule has 0 bridgehead atoms. The highest BCUT2D eigenvalue weighted by atomic mass is 16.5. The van der Waals surface area contributed by atoms with Crippen LogP contribution in [0.2, 0.25) is 0 Å². The van der Waals surface area contributed by atoms with Gasteiger partial charge in [-0.25, -0.2) is 0 Å². The van der Waals surface area contributed by atoms with Crippen LogP contribution >= 0.6 is 0 Å². The molecule has 0 spiro atoms. The molecule has 1 N–H and O–H groups in total. The third-order valence-electron chi connectivity index (χ3n) is 3.31. The number of benzene rings is 1. The van der Waals surface area contributed by atoms with Crippen molar-refractivity contribution in [3.8, 4) is 11.5 Å². The zero-order valence-electron chi connectivity index (χ0n) is 13.1. The van der Waals surface area contributed by atoms with Crippen LogP contribution in [0.15, 0.2) is 24.3 Å². The summed E-state index contributed by atoms with van der Waals surface area (Å²) in [6.07, 6.45) is 0. The second kappa shape index (κ2) is 7.13. The lowest BCUT2D eigenvalue weighted by Crippen LogP contribution is -2.13. The van der Waals surface area contributed by atoms with Gasteiger partial charge in [0, 0.05) is 19.2 Å². The van der Waals surface area contributed by atoms with E-state index in [1.54, 1.807) is 7.11 Å². The number of aryl methyl sites for hydroxylation is 2. The summed E-state index contributed by atoms with van der Waals surface area (Å²) in [7, 11) is 3.58. The Kier molecular flexibility index (Phi) is 5.22. The fourth-order valence-electron chi connectivity index (χ4n) is 2.23. The number of hydrogen-bond donors (Lipinski definition) is 1. The summed E-state index contributed by atoms with van der Waals surface area (Å²) < 4.78 is 13.3. The molecule has 0 atom stereocenters. The number of rotatable bonds is 7. The Labute approximate surface area is 125 Å². The third kappa shape index (κ3) is 3.76. The molecule has 0 unspecified atom stereocenters. The minimum absolute atomic E-state index is 0.469. The van der Waals surface area contributed by atoms with Crippen LogP contribution in [0.3, 0.4) is 0 Å². The van der Waals surface area contributed by atoms with Gasteiger partial charge in [0.05, 0.1) is 18.5 Å². The molecule has 0 saturated carbocycles. The van der Waals surface area contributed by atoms with E-state index in [4.69, 9.17) is 9.47 Å². The van der Waals surface area contributed by atoms with Gasteiger partial charge in [0.15, 0.2) is 11.5 Å². The Morgan fingerprint density at radius 2 is 2.14 bits per heavy atom. The van der Waals surface area contributed by atoms with Gasteiger partial charge >= 0.3 is 0 Å². The average Bonchev–Trinajstić information content (AvgIpc) is 2.80. The number of nitrogens with one attached hydrogen (secondary N) is 1. The largest absolute Gasteiger partial charge is 0.493 e.